The van der Waals surface area contributed by atoms with E-state index in [4.69, 9.17) is 5.11 Å². The van der Waals surface area contributed by atoms with Crippen molar-refractivity contribution in [2.45, 2.75) is 13.1 Å². The molecule has 0 aliphatic rings. The number of aromatic nitrogens is 4. The molecule has 0 saturated carbocycles. The van der Waals surface area contributed by atoms with Gasteiger partial charge in [-0.05, 0) is 0 Å². The molecule has 3 N–H and O–H groups in total. The van der Waals surface area contributed by atoms with E-state index in [9.17, 15) is 14.4 Å². The van der Waals surface area contributed by atoms with Crippen LogP contribution in [-0.2, 0) is 17.9 Å². The van der Waals surface area contributed by atoms with E-state index in [0.717, 1.165) is 16.0 Å². The van der Waals surface area contributed by atoms with Crippen LogP contribution in [0, 0.1) is 0 Å². The second kappa shape index (κ2) is 5.44. The average molecular weight is 283 g/mol. The molecule has 2 aromatic heterocycles. The summed E-state index contributed by atoms with van der Waals surface area (Å²) in [7, 11) is 0. The van der Waals surface area contributed by atoms with Crippen molar-refractivity contribution in [3.05, 3.63) is 32.6 Å². The molecule has 100 valence electrons. The highest BCUT2D eigenvalue weighted by atomic mass is 32.1. The minimum absolute atomic E-state index is 0.0128. The smallest absolute Gasteiger partial charge is 0.325 e. The second-order valence-corrected chi connectivity index (χ2v) is 4.39. The molecule has 0 unspecified atom stereocenters. The van der Waals surface area contributed by atoms with E-state index in [1.54, 1.807) is 5.38 Å². The predicted octanol–water partition coefficient (Wildman–Crippen LogP) is -0.957. The third kappa shape index (κ3) is 3.48. The van der Waals surface area contributed by atoms with E-state index < -0.39 is 11.9 Å². The van der Waals surface area contributed by atoms with Crippen LogP contribution in [0.5, 0.6) is 0 Å². The number of hydrogen-bond donors (Lipinski definition) is 3. The number of H-pyrrole nitrogens is 1. The van der Waals surface area contributed by atoms with Crippen molar-refractivity contribution in [1.82, 2.24) is 25.3 Å². The number of rotatable bonds is 5. The molecule has 0 aliphatic carbocycles. The molecule has 19 heavy (non-hydrogen) atoms. The Balaban J connectivity index is 1.94. The van der Waals surface area contributed by atoms with Crippen molar-refractivity contribution in [3.63, 3.8) is 0 Å². The van der Waals surface area contributed by atoms with E-state index in [-0.39, 0.29) is 23.7 Å². The first kappa shape index (κ1) is 13.0. The molecule has 0 atom stereocenters. The lowest BCUT2D eigenvalue weighted by Crippen LogP contribution is -2.23. The molecule has 2 heterocycles. The third-order valence-corrected chi connectivity index (χ3v) is 2.80. The number of carbonyl (C=O) groups excluding carboxylic acids is 1. The molecule has 0 saturated heterocycles. The summed E-state index contributed by atoms with van der Waals surface area (Å²) >= 11 is 1.00. The fourth-order valence-electron chi connectivity index (χ4n) is 1.28. The third-order valence-electron chi connectivity index (χ3n) is 2.08. The average Bonchev–Trinajstić information content (AvgIpc) is 2.95. The summed E-state index contributed by atoms with van der Waals surface area (Å²) in [5.41, 5.74) is 0.597. The number of amides is 1. The molecule has 10 heteroatoms. The molecule has 0 radical (unpaired) electrons. The Morgan fingerprint density at radius 1 is 1.53 bits per heavy atom. The Hall–Kier alpha value is -2.49. The number of aliphatic carboxylic acids is 1. The minimum Gasteiger partial charge on any atom is -0.480 e. The number of nitrogens with one attached hydrogen (secondary N) is 2. The van der Waals surface area contributed by atoms with Crippen LogP contribution in [0.4, 0.5) is 0 Å². The molecule has 1 amide bonds. The molecule has 0 aliphatic heterocycles. The van der Waals surface area contributed by atoms with Crippen LogP contribution in [0.25, 0.3) is 0 Å². The van der Waals surface area contributed by atoms with Crippen LogP contribution >= 0.6 is 11.3 Å². The molecular formula is C9H9N5O4S. The largest absolute Gasteiger partial charge is 0.480 e. The SMILES string of the molecule is O=C(O)Cn1cc(C(=O)NCc2csc(=O)[nH]2)nn1. The second-order valence-electron chi connectivity index (χ2n) is 3.55. The van der Waals surface area contributed by atoms with Gasteiger partial charge < -0.3 is 15.4 Å². The zero-order chi connectivity index (χ0) is 13.8. The van der Waals surface area contributed by atoms with Gasteiger partial charge in [-0.1, -0.05) is 16.6 Å². The lowest BCUT2D eigenvalue weighted by molar-refractivity contribution is -0.137. The first-order valence-corrected chi connectivity index (χ1v) is 5.99. The van der Waals surface area contributed by atoms with Crippen LogP contribution in [0.15, 0.2) is 16.4 Å². The van der Waals surface area contributed by atoms with Gasteiger partial charge in [-0.2, -0.15) is 0 Å². The highest BCUT2D eigenvalue weighted by Crippen LogP contribution is 1.97. The number of aromatic amines is 1. The summed E-state index contributed by atoms with van der Waals surface area (Å²) in [4.78, 5) is 35.3. The number of carbonyl (C=O) groups is 2. The Morgan fingerprint density at radius 3 is 2.95 bits per heavy atom. The van der Waals surface area contributed by atoms with Crippen molar-refractivity contribution in [1.29, 1.82) is 0 Å². The number of carboxylic acids is 1. The molecule has 0 fully saturated rings. The van der Waals surface area contributed by atoms with Crippen LogP contribution < -0.4 is 10.2 Å². The van der Waals surface area contributed by atoms with Gasteiger partial charge >= 0.3 is 10.8 Å². The van der Waals surface area contributed by atoms with Gasteiger partial charge in [-0.25, -0.2) is 4.68 Å². The van der Waals surface area contributed by atoms with Crippen LogP contribution in [0.2, 0.25) is 0 Å². The summed E-state index contributed by atoms with van der Waals surface area (Å²) in [5, 5.41) is 19.7. The van der Waals surface area contributed by atoms with Crippen LogP contribution in [-0.4, -0.2) is 37.0 Å². The number of nitrogens with zero attached hydrogens (tertiary/aromatic N) is 3. The van der Waals surface area contributed by atoms with Crippen molar-refractivity contribution >= 4 is 23.2 Å². The molecule has 0 aromatic carbocycles. The molecule has 0 spiro atoms. The maximum absolute atomic E-state index is 11.7. The maximum Gasteiger partial charge on any atom is 0.325 e. The summed E-state index contributed by atoms with van der Waals surface area (Å²) in [6, 6.07) is 0. The fraction of sp³-hybridized carbons (Fsp3) is 0.222. The minimum atomic E-state index is -1.08. The predicted molar refractivity (Wildman–Crippen MR) is 63.8 cm³/mol. The number of hydrogen-bond acceptors (Lipinski definition) is 6. The Bertz CT molecular complexity index is 657. The summed E-state index contributed by atoms with van der Waals surface area (Å²) in [5.74, 6) is -1.57. The van der Waals surface area contributed by atoms with Gasteiger partial charge in [-0.3, -0.25) is 14.4 Å². The quantitative estimate of drug-likeness (QED) is 0.648. The van der Waals surface area contributed by atoms with Crippen molar-refractivity contribution in [3.8, 4) is 0 Å². The fourth-order valence-corrected chi connectivity index (χ4v) is 1.87. The molecule has 2 aromatic rings. The number of carboxylic acid groups (broad SMARTS) is 1. The highest BCUT2D eigenvalue weighted by molar-refractivity contribution is 7.07. The van der Waals surface area contributed by atoms with Gasteiger partial charge in [0.25, 0.3) is 5.91 Å². The van der Waals surface area contributed by atoms with Crippen molar-refractivity contribution < 1.29 is 14.7 Å². The first-order chi connectivity index (χ1) is 9.04. The molecule has 2 rings (SSSR count). The Labute approximate surface area is 109 Å². The maximum atomic E-state index is 11.7. The topological polar surface area (TPSA) is 130 Å². The summed E-state index contributed by atoms with van der Waals surface area (Å²) in [6.45, 7) is -0.207. The monoisotopic (exact) mass is 283 g/mol. The van der Waals surface area contributed by atoms with Gasteiger partial charge in [0.15, 0.2) is 5.69 Å². The van der Waals surface area contributed by atoms with Gasteiger partial charge in [0, 0.05) is 11.1 Å². The lowest BCUT2D eigenvalue weighted by atomic mass is 10.4. The van der Waals surface area contributed by atoms with Crippen molar-refractivity contribution in [2.24, 2.45) is 0 Å². The highest BCUT2D eigenvalue weighted by Gasteiger charge is 2.12. The first-order valence-electron chi connectivity index (χ1n) is 5.11. The van der Waals surface area contributed by atoms with Crippen LogP contribution in [0.3, 0.4) is 0 Å². The Morgan fingerprint density at radius 2 is 2.32 bits per heavy atom. The summed E-state index contributed by atoms with van der Waals surface area (Å²) < 4.78 is 1.05. The number of thiazole rings is 1. The van der Waals surface area contributed by atoms with E-state index >= 15 is 0 Å². The van der Waals surface area contributed by atoms with Gasteiger partial charge in [0.2, 0.25) is 0 Å². The lowest BCUT2D eigenvalue weighted by Gasteiger charge is -1.99. The van der Waals surface area contributed by atoms with Crippen LogP contribution in [0.1, 0.15) is 16.2 Å². The zero-order valence-electron chi connectivity index (χ0n) is 9.49. The molecule has 0 bridgehead atoms. The van der Waals surface area contributed by atoms with Gasteiger partial charge in [0.1, 0.15) is 6.54 Å². The van der Waals surface area contributed by atoms with Crippen molar-refractivity contribution in [2.75, 3.05) is 0 Å². The molecular weight excluding hydrogens is 274 g/mol. The zero-order valence-corrected chi connectivity index (χ0v) is 10.3. The summed E-state index contributed by atoms with van der Waals surface area (Å²) in [6.07, 6.45) is 1.24. The normalized spacial score (nSPS) is 10.3. The van der Waals surface area contributed by atoms with E-state index in [1.807, 2.05) is 0 Å². The van der Waals surface area contributed by atoms with Gasteiger partial charge in [-0.15, -0.1) is 5.10 Å². The van der Waals surface area contributed by atoms with Gasteiger partial charge in [0.05, 0.1) is 12.7 Å². The molecule has 9 nitrogen and oxygen atoms in total. The van der Waals surface area contributed by atoms with E-state index in [1.165, 1.54) is 6.20 Å². The van der Waals surface area contributed by atoms with E-state index in [0.29, 0.717) is 5.69 Å². The Kier molecular flexibility index (Phi) is 3.71. The van der Waals surface area contributed by atoms with E-state index in [2.05, 4.69) is 20.6 Å². The standard InChI is InChI=1S/C9H9N5O4S/c15-7(16)3-14-2-6(12-13-14)8(17)10-1-5-4-19-9(18)11-5/h2,4H,1,3H2,(H,10,17)(H,11,18)(H,15,16).